The minimum absolute atomic E-state index is 0.0681. The highest BCUT2D eigenvalue weighted by atomic mass is 32.2. The van der Waals surface area contributed by atoms with E-state index < -0.39 is 10.0 Å². The summed E-state index contributed by atoms with van der Waals surface area (Å²) in [4.78, 5) is 14.0. The molecule has 2 heterocycles. The molecule has 1 aromatic rings. The lowest BCUT2D eigenvalue weighted by Crippen LogP contribution is -2.38. The number of benzene rings is 1. The van der Waals surface area contributed by atoms with E-state index in [4.69, 9.17) is 9.47 Å². The SMILES string of the molecule is COc1ccc(CNC(=O)C2=CN3CCS(=O)(=O)N=C3C=C2)cc1OC. The van der Waals surface area contributed by atoms with Crippen molar-refractivity contribution in [2.24, 2.45) is 4.40 Å². The number of nitrogens with one attached hydrogen (secondary N) is 1. The van der Waals surface area contributed by atoms with Gasteiger partial charge in [0.2, 0.25) is 0 Å². The standard InChI is InChI=1S/C17H19N3O5S/c1-24-14-5-3-12(9-15(14)25-2)10-18-17(21)13-4-6-16-19-26(22,23)8-7-20(16)11-13/h3-6,9,11H,7-8,10H2,1-2H3,(H,18,21). The molecule has 8 nitrogen and oxygen atoms in total. The van der Waals surface area contributed by atoms with Gasteiger partial charge in [-0.1, -0.05) is 6.07 Å². The third-order valence-electron chi connectivity index (χ3n) is 3.99. The Kier molecular flexibility index (Phi) is 4.99. The van der Waals surface area contributed by atoms with Gasteiger partial charge in [-0.15, -0.1) is 4.40 Å². The van der Waals surface area contributed by atoms with Gasteiger partial charge in [0.05, 0.1) is 25.5 Å². The Labute approximate surface area is 151 Å². The number of amides is 1. The van der Waals surface area contributed by atoms with Crippen LogP contribution in [0.15, 0.2) is 46.5 Å². The van der Waals surface area contributed by atoms with Crippen LogP contribution in [0.4, 0.5) is 0 Å². The Morgan fingerprint density at radius 1 is 1.23 bits per heavy atom. The molecule has 1 aromatic carbocycles. The molecule has 0 unspecified atom stereocenters. The first kappa shape index (κ1) is 18.0. The number of hydrogen-bond donors (Lipinski definition) is 1. The van der Waals surface area contributed by atoms with Crippen molar-refractivity contribution in [3.63, 3.8) is 0 Å². The summed E-state index contributed by atoms with van der Waals surface area (Å²) in [6.45, 7) is 0.595. The summed E-state index contributed by atoms with van der Waals surface area (Å²) in [5.41, 5.74) is 1.30. The zero-order valence-corrected chi connectivity index (χ0v) is 15.2. The number of ether oxygens (including phenoxy) is 2. The molecule has 0 aliphatic carbocycles. The van der Waals surface area contributed by atoms with Crippen molar-refractivity contribution in [2.45, 2.75) is 6.54 Å². The summed E-state index contributed by atoms with van der Waals surface area (Å²) in [6, 6.07) is 5.41. The minimum Gasteiger partial charge on any atom is -0.493 e. The Morgan fingerprint density at radius 3 is 2.73 bits per heavy atom. The van der Waals surface area contributed by atoms with E-state index in [-0.39, 0.29) is 18.2 Å². The van der Waals surface area contributed by atoms with Gasteiger partial charge in [-0.2, -0.15) is 0 Å². The highest BCUT2D eigenvalue weighted by molar-refractivity contribution is 7.90. The van der Waals surface area contributed by atoms with Gasteiger partial charge in [-0.25, -0.2) is 8.42 Å². The molecule has 0 spiro atoms. The van der Waals surface area contributed by atoms with Crippen molar-refractivity contribution in [1.82, 2.24) is 10.2 Å². The van der Waals surface area contributed by atoms with Crippen LogP contribution in [0.5, 0.6) is 11.5 Å². The molecule has 0 atom stereocenters. The number of rotatable bonds is 5. The predicted octanol–water partition coefficient (Wildman–Crippen LogP) is 0.818. The molecule has 0 bridgehead atoms. The van der Waals surface area contributed by atoms with Gasteiger partial charge in [-0.05, 0) is 29.8 Å². The molecular formula is C17H19N3O5S. The summed E-state index contributed by atoms with van der Waals surface area (Å²) in [7, 11) is -0.295. The maximum absolute atomic E-state index is 12.4. The van der Waals surface area contributed by atoms with E-state index >= 15 is 0 Å². The molecule has 2 aliphatic rings. The van der Waals surface area contributed by atoms with Crippen LogP contribution in [0.25, 0.3) is 0 Å². The zero-order valence-electron chi connectivity index (χ0n) is 14.4. The van der Waals surface area contributed by atoms with Crippen molar-refractivity contribution in [2.75, 3.05) is 26.5 Å². The van der Waals surface area contributed by atoms with Crippen LogP contribution in [0.1, 0.15) is 5.56 Å². The van der Waals surface area contributed by atoms with Gasteiger partial charge in [-0.3, -0.25) is 4.79 Å². The molecule has 138 valence electrons. The largest absolute Gasteiger partial charge is 0.493 e. The number of methoxy groups -OCH3 is 2. The van der Waals surface area contributed by atoms with E-state index in [1.165, 1.54) is 6.08 Å². The van der Waals surface area contributed by atoms with E-state index in [2.05, 4.69) is 9.71 Å². The third kappa shape index (κ3) is 3.88. The molecule has 26 heavy (non-hydrogen) atoms. The first-order valence-electron chi connectivity index (χ1n) is 7.90. The van der Waals surface area contributed by atoms with E-state index in [0.717, 1.165) is 5.56 Å². The Hall–Kier alpha value is -2.81. The molecule has 0 saturated heterocycles. The number of nitrogens with zero attached hydrogens (tertiary/aromatic N) is 2. The maximum atomic E-state index is 12.4. The minimum atomic E-state index is -3.41. The van der Waals surface area contributed by atoms with Crippen molar-refractivity contribution in [1.29, 1.82) is 0 Å². The van der Waals surface area contributed by atoms with Crippen LogP contribution < -0.4 is 14.8 Å². The van der Waals surface area contributed by atoms with Gasteiger partial charge in [0, 0.05) is 19.3 Å². The lowest BCUT2D eigenvalue weighted by Gasteiger charge is -2.26. The van der Waals surface area contributed by atoms with Gasteiger partial charge in [0.25, 0.3) is 15.9 Å². The predicted molar refractivity (Wildman–Crippen MR) is 96.5 cm³/mol. The normalized spacial score (nSPS) is 17.7. The van der Waals surface area contributed by atoms with Crippen LogP contribution >= 0.6 is 0 Å². The Balaban J connectivity index is 1.67. The Morgan fingerprint density at radius 2 is 2.00 bits per heavy atom. The molecule has 9 heteroatoms. The van der Waals surface area contributed by atoms with E-state index in [9.17, 15) is 13.2 Å². The zero-order chi connectivity index (χ0) is 18.7. The summed E-state index contributed by atoms with van der Waals surface area (Å²) >= 11 is 0. The van der Waals surface area contributed by atoms with Crippen LogP contribution in [0.2, 0.25) is 0 Å². The molecule has 2 aliphatic heterocycles. The fraction of sp³-hybridized carbons (Fsp3) is 0.294. The average molecular weight is 377 g/mol. The fourth-order valence-corrected chi connectivity index (χ4v) is 3.58. The topological polar surface area (TPSA) is 97.3 Å². The highest BCUT2D eigenvalue weighted by Gasteiger charge is 2.24. The lowest BCUT2D eigenvalue weighted by atomic mass is 10.1. The first-order chi connectivity index (χ1) is 12.4. The molecule has 0 radical (unpaired) electrons. The number of carbonyl (C=O) groups excluding carboxylic acids is 1. The summed E-state index contributed by atoms with van der Waals surface area (Å²) in [5, 5.41) is 2.83. The summed E-state index contributed by atoms with van der Waals surface area (Å²) in [5.74, 6) is 1.21. The fourth-order valence-electron chi connectivity index (χ4n) is 2.61. The van der Waals surface area contributed by atoms with E-state index in [0.29, 0.717) is 29.5 Å². The number of amidine groups is 1. The second kappa shape index (κ2) is 7.20. The third-order valence-corrected chi connectivity index (χ3v) is 5.15. The lowest BCUT2D eigenvalue weighted by molar-refractivity contribution is -0.117. The number of sulfonamides is 1. The van der Waals surface area contributed by atoms with Gasteiger partial charge in [0.1, 0.15) is 5.84 Å². The van der Waals surface area contributed by atoms with E-state index in [1.54, 1.807) is 43.5 Å². The summed E-state index contributed by atoms with van der Waals surface area (Å²) in [6.07, 6.45) is 4.69. The van der Waals surface area contributed by atoms with Gasteiger partial charge < -0.3 is 19.7 Å². The van der Waals surface area contributed by atoms with Gasteiger partial charge in [0.15, 0.2) is 11.5 Å². The molecule has 1 N–H and O–H groups in total. The highest BCUT2D eigenvalue weighted by Crippen LogP contribution is 2.27. The van der Waals surface area contributed by atoms with Gasteiger partial charge >= 0.3 is 0 Å². The van der Waals surface area contributed by atoms with Crippen LogP contribution in [-0.2, 0) is 21.4 Å². The van der Waals surface area contributed by atoms with Crippen molar-refractivity contribution in [3.8, 4) is 11.5 Å². The van der Waals surface area contributed by atoms with E-state index in [1.807, 2.05) is 6.07 Å². The second-order valence-corrected chi connectivity index (χ2v) is 7.47. The molecule has 1 amide bonds. The first-order valence-corrected chi connectivity index (χ1v) is 9.51. The van der Waals surface area contributed by atoms with Crippen LogP contribution in [0.3, 0.4) is 0 Å². The van der Waals surface area contributed by atoms with Crippen molar-refractivity contribution >= 4 is 21.8 Å². The van der Waals surface area contributed by atoms with Crippen LogP contribution in [0, 0.1) is 0 Å². The second-order valence-electron chi connectivity index (χ2n) is 5.72. The van der Waals surface area contributed by atoms with Crippen molar-refractivity contribution < 1.29 is 22.7 Å². The molecule has 3 rings (SSSR count). The van der Waals surface area contributed by atoms with Crippen molar-refractivity contribution in [3.05, 3.63) is 47.7 Å². The quantitative estimate of drug-likeness (QED) is 0.816. The number of fused-ring (bicyclic) bond motifs is 1. The molecule has 0 saturated carbocycles. The molecular weight excluding hydrogens is 358 g/mol. The number of carbonyl (C=O) groups is 1. The Bertz CT molecular complexity index is 918. The maximum Gasteiger partial charge on any atom is 0.256 e. The smallest absolute Gasteiger partial charge is 0.256 e. The molecule has 0 aromatic heterocycles. The molecule has 0 fully saturated rings. The number of hydrogen-bond acceptors (Lipinski definition) is 6. The monoisotopic (exact) mass is 377 g/mol. The summed E-state index contributed by atoms with van der Waals surface area (Å²) < 4.78 is 37.1. The average Bonchev–Trinajstić information content (AvgIpc) is 2.64. The van der Waals surface area contributed by atoms with Crippen LogP contribution in [-0.4, -0.2) is 51.6 Å².